The number of rotatable bonds is 5. The largest absolute Gasteiger partial charge is 0.329 e. The fraction of sp³-hybridized carbons (Fsp3) is 0.385. The predicted molar refractivity (Wildman–Crippen MR) is 67.5 cm³/mol. The van der Waals surface area contributed by atoms with E-state index in [2.05, 4.69) is 21.5 Å². The minimum Gasteiger partial charge on any atom is -0.329 e. The van der Waals surface area contributed by atoms with Crippen LogP contribution in [0.15, 0.2) is 30.7 Å². The van der Waals surface area contributed by atoms with Crippen molar-refractivity contribution in [2.45, 2.75) is 32.9 Å². The van der Waals surface area contributed by atoms with Crippen molar-refractivity contribution < 1.29 is 0 Å². The first kappa shape index (κ1) is 11.8. The molecule has 0 saturated heterocycles. The molecule has 2 N–H and O–H groups in total. The van der Waals surface area contributed by atoms with Gasteiger partial charge in [0.2, 0.25) is 0 Å². The van der Waals surface area contributed by atoms with E-state index in [0.717, 1.165) is 36.5 Å². The van der Waals surface area contributed by atoms with Crippen molar-refractivity contribution in [3.63, 3.8) is 0 Å². The van der Waals surface area contributed by atoms with Crippen molar-refractivity contribution in [1.29, 1.82) is 0 Å². The van der Waals surface area contributed by atoms with Gasteiger partial charge in [0, 0.05) is 31.6 Å². The second-order valence-electron chi connectivity index (χ2n) is 4.08. The van der Waals surface area contributed by atoms with Crippen molar-refractivity contribution >= 4 is 0 Å². The highest BCUT2D eigenvalue weighted by Gasteiger charge is 2.03. The van der Waals surface area contributed by atoms with Crippen molar-refractivity contribution in [2.75, 3.05) is 0 Å². The van der Waals surface area contributed by atoms with Gasteiger partial charge in [-0.3, -0.25) is 4.98 Å². The van der Waals surface area contributed by atoms with E-state index in [1.54, 1.807) is 0 Å². The minimum absolute atomic E-state index is 0.541. The molecule has 0 amide bonds. The van der Waals surface area contributed by atoms with Crippen molar-refractivity contribution in [3.8, 4) is 0 Å². The smallest absolute Gasteiger partial charge is 0.108 e. The van der Waals surface area contributed by atoms with E-state index >= 15 is 0 Å². The van der Waals surface area contributed by atoms with Gasteiger partial charge in [0.05, 0.1) is 12.2 Å². The number of hydrogen-bond acceptors (Lipinski definition) is 3. The molecule has 0 atom stereocenters. The summed E-state index contributed by atoms with van der Waals surface area (Å²) in [6.07, 6.45) is 7.80. The van der Waals surface area contributed by atoms with Crippen LogP contribution in [-0.4, -0.2) is 14.5 Å². The Hall–Kier alpha value is -1.68. The average Bonchev–Trinajstić information content (AvgIpc) is 2.78. The maximum Gasteiger partial charge on any atom is 0.108 e. The molecule has 0 unspecified atom stereocenters. The third-order valence-corrected chi connectivity index (χ3v) is 2.73. The number of pyridine rings is 1. The third kappa shape index (κ3) is 2.91. The topological polar surface area (TPSA) is 56.7 Å². The lowest BCUT2D eigenvalue weighted by molar-refractivity contribution is 0.692. The summed E-state index contributed by atoms with van der Waals surface area (Å²) in [6.45, 7) is 3.48. The number of nitrogens with zero attached hydrogens (tertiary/aromatic N) is 3. The molecule has 4 nitrogen and oxygen atoms in total. The van der Waals surface area contributed by atoms with Gasteiger partial charge in [0.25, 0.3) is 0 Å². The Bertz CT molecular complexity index is 459. The van der Waals surface area contributed by atoms with Crippen LogP contribution in [0, 0.1) is 0 Å². The Labute approximate surface area is 102 Å². The van der Waals surface area contributed by atoms with E-state index in [0.29, 0.717) is 6.54 Å². The number of aromatic nitrogens is 3. The fourth-order valence-corrected chi connectivity index (χ4v) is 1.78. The van der Waals surface area contributed by atoms with Crippen LogP contribution in [0.3, 0.4) is 0 Å². The standard InChI is InChI=1S/C13H18N4/c1-2-3-13-15-6-7-17(13)10-12-5-4-11(8-14)9-16-12/h4-7,9H,2-3,8,10,14H2,1H3. The van der Waals surface area contributed by atoms with E-state index in [1.807, 2.05) is 30.7 Å². The number of aryl methyl sites for hydroxylation is 1. The molecule has 2 aromatic rings. The molecule has 2 rings (SSSR count). The van der Waals surface area contributed by atoms with Crippen molar-refractivity contribution in [1.82, 2.24) is 14.5 Å². The summed E-state index contributed by atoms with van der Waals surface area (Å²) >= 11 is 0. The van der Waals surface area contributed by atoms with Gasteiger partial charge in [-0.2, -0.15) is 0 Å². The molecule has 0 saturated carbocycles. The molecule has 0 spiro atoms. The normalized spacial score (nSPS) is 10.7. The van der Waals surface area contributed by atoms with Crippen LogP contribution in [0.25, 0.3) is 0 Å². The zero-order valence-electron chi connectivity index (χ0n) is 10.1. The molecule has 0 radical (unpaired) electrons. The molecule has 0 aliphatic heterocycles. The molecule has 0 bridgehead atoms. The molecule has 0 fully saturated rings. The molecule has 4 heteroatoms. The van der Waals surface area contributed by atoms with Gasteiger partial charge in [-0.05, 0) is 18.1 Å². The van der Waals surface area contributed by atoms with Crippen LogP contribution in [0.4, 0.5) is 0 Å². The summed E-state index contributed by atoms with van der Waals surface area (Å²) in [5.41, 5.74) is 7.65. The van der Waals surface area contributed by atoms with Crippen LogP contribution in [0.1, 0.15) is 30.4 Å². The van der Waals surface area contributed by atoms with Gasteiger partial charge in [0.15, 0.2) is 0 Å². The van der Waals surface area contributed by atoms with E-state index < -0.39 is 0 Å². The molecule has 2 aromatic heterocycles. The quantitative estimate of drug-likeness (QED) is 0.851. The Balaban J connectivity index is 2.10. The highest BCUT2D eigenvalue weighted by molar-refractivity contribution is 5.14. The second-order valence-corrected chi connectivity index (χ2v) is 4.08. The lowest BCUT2D eigenvalue weighted by atomic mass is 10.2. The molecule has 0 aliphatic rings. The summed E-state index contributed by atoms with van der Waals surface area (Å²) in [5.74, 6) is 1.12. The van der Waals surface area contributed by atoms with E-state index in [9.17, 15) is 0 Å². The summed E-state index contributed by atoms with van der Waals surface area (Å²) in [7, 11) is 0. The van der Waals surface area contributed by atoms with E-state index in [1.165, 1.54) is 0 Å². The highest BCUT2D eigenvalue weighted by atomic mass is 15.1. The summed E-state index contributed by atoms with van der Waals surface area (Å²) in [6, 6.07) is 4.05. The predicted octanol–water partition coefficient (Wildman–Crippen LogP) is 1.74. The highest BCUT2D eigenvalue weighted by Crippen LogP contribution is 2.06. The molecule has 17 heavy (non-hydrogen) atoms. The maximum absolute atomic E-state index is 5.54. The first-order chi connectivity index (χ1) is 8.33. The van der Waals surface area contributed by atoms with Crippen LogP contribution >= 0.6 is 0 Å². The Morgan fingerprint density at radius 3 is 2.82 bits per heavy atom. The van der Waals surface area contributed by atoms with Crippen LogP contribution in [0.5, 0.6) is 0 Å². The molecule has 90 valence electrons. The zero-order valence-corrected chi connectivity index (χ0v) is 10.1. The fourth-order valence-electron chi connectivity index (χ4n) is 1.78. The lowest BCUT2D eigenvalue weighted by Gasteiger charge is -2.07. The number of imidazole rings is 1. The second kappa shape index (κ2) is 5.59. The number of nitrogens with two attached hydrogens (primary N) is 1. The van der Waals surface area contributed by atoms with Gasteiger partial charge in [-0.1, -0.05) is 13.0 Å². The van der Waals surface area contributed by atoms with E-state index in [-0.39, 0.29) is 0 Å². The maximum atomic E-state index is 5.54. The van der Waals surface area contributed by atoms with Gasteiger partial charge >= 0.3 is 0 Å². The Kier molecular flexibility index (Phi) is 3.88. The van der Waals surface area contributed by atoms with E-state index in [4.69, 9.17) is 5.73 Å². The van der Waals surface area contributed by atoms with Crippen molar-refractivity contribution in [3.05, 3.63) is 47.8 Å². The molecular formula is C13H18N4. The SMILES string of the molecule is CCCc1nccn1Cc1ccc(CN)cn1. The lowest BCUT2D eigenvalue weighted by Crippen LogP contribution is -2.06. The number of hydrogen-bond donors (Lipinski definition) is 1. The summed E-state index contributed by atoms with van der Waals surface area (Å²) in [5, 5.41) is 0. The molecule has 0 aliphatic carbocycles. The average molecular weight is 230 g/mol. The summed E-state index contributed by atoms with van der Waals surface area (Å²) in [4.78, 5) is 8.75. The zero-order chi connectivity index (χ0) is 12.1. The minimum atomic E-state index is 0.541. The molecule has 0 aromatic carbocycles. The Morgan fingerprint density at radius 2 is 2.18 bits per heavy atom. The van der Waals surface area contributed by atoms with Gasteiger partial charge in [-0.25, -0.2) is 4.98 Å². The Morgan fingerprint density at radius 1 is 1.29 bits per heavy atom. The van der Waals surface area contributed by atoms with Gasteiger partial charge in [0.1, 0.15) is 5.82 Å². The van der Waals surface area contributed by atoms with Gasteiger partial charge in [-0.15, -0.1) is 0 Å². The first-order valence-electron chi connectivity index (χ1n) is 5.97. The first-order valence-corrected chi connectivity index (χ1v) is 5.97. The monoisotopic (exact) mass is 230 g/mol. The summed E-state index contributed by atoms with van der Waals surface area (Å²) < 4.78 is 2.15. The van der Waals surface area contributed by atoms with Gasteiger partial charge < -0.3 is 10.3 Å². The molecular weight excluding hydrogens is 212 g/mol. The third-order valence-electron chi connectivity index (χ3n) is 2.73. The van der Waals surface area contributed by atoms with Crippen molar-refractivity contribution in [2.24, 2.45) is 5.73 Å². The van der Waals surface area contributed by atoms with Crippen LogP contribution in [-0.2, 0) is 19.5 Å². The van der Waals surface area contributed by atoms with Crippen LogP contribution in [0.2, 0.25) is 0 Å². The van der Waals surface area contributed by atoms with Crippen LogP contribution < -0.4 is 5.73 Å². The molecule has 2 heterocycles.